The molecule has 1 aliphatic heterocycles. The summed E-state index contributed by atoms with van der Waals surface area (Å²) >= 11 is 0. The quantitative estimate of drug-likeness (QED) is 0.921. The van der Waals surface area contributed by atoms with E-state index in [0.29, 0.717) is 0 Å². The van der Waals surface area contributed by atoms with Crippen molar-refractivity contribution in [2.75, 3.05) is 20.1 Å². The van der Waals surface area contributed by atoms with E-state index in [1.165, 1.54) is 5.56 Å². The van der Waals surface area contributed by atoms with E-state index in [4.69, 9.17) is 0 Å². The largest absolute Gasteiger partial charge is 0.381 e. The highest BCUT2D eigenvalue weighted by atomic mass is 16.3. The highest BCUT2D eigenvalue weighted by Crippen LogP contribution is 2.20. The molecule has 0 bridgehead atoms. The molecule has 1 fully saturated rings. The molecule has 4 nitrogen and oxygen atoms in total. The first-order valence-electron chi connectivity index (χ1n) is 7.64. The third-order valence-corrected chi connectivity index (χ3v) is 4.20. The molecule has 2 rings (SSSR count). The fourth-order valence-corrected chi connectivity index (χ4v) is 2.90. The summed E-state index contributed by atoms with van der Waals surface area (Å²) in [4.78, 5) is 16.2. The van der Waals surface area contributed by atoms with Crippen molar-refractivity contribution < 1.29 is 9.90 Å². The standard InChI is InChI=1S/C17H26N2O2/c1-17(2,21)16(20)18(3)15-9-11-19(12-10-15)13-14-7-5-4-6-8-14/h4-8,15,21H,9-13H2,1-3H3. The number of amides is 1. The van der Waals surface area contributed by atoms with E-state index in [1.807, 2.05) is 6.07 Å². The number of hydrogen-bond donors (Lipinski definition) is 1. The maximum atomic E-state index is 12.1. The number of carbonyl (C=O) groups is 1. The Balaban J connectivity index is 1.84. The number of rotatable bonds is 4. The van der Waals surface area contributed by atoms with Crippen molar-refractivity contribution in [3.63, 3.8) is 0 Å². The molecule has 21 heavy (non-hydrogen) atoms. The first kappa shape index (κ1) is 16.0. The maximum Gasteiger partial charge on any atom is 0.253 e. The minimum absolute atomic E-state index is 0.191. The molecule has 0 spiro atoms. The molecule has 1 heterocycles. The van der Waals surface area contributed by atoms with Gasteiger partial charge < -0.3 is 10.0 Å². The lowest BCUT2D eigenvalue weighted by molar-refractivity contribution is -0.149. The summed E-state index contributed by atoms with van der Waals surface area (Å²) in [5.41, 5.74) is 0.0486. The Kier molecular flexibility index (Phi) is 5.01. The molecule has 4 heteroatoms. The van der Waals surface area contributed by atoms with Crippen LogP contribution >= 0.6 is 0 Å². The zero-order chi connectivity index (χ0) is 15.5. The van der Waals surface area contributed by atoms with Gasteiger partial charge in [0.15, 0.2) is 0 Å². The third kappa shape index (κ3) is 4.29. The van der Waals surface area contributed by atoms with Gasteiger partial charge in [-0.3, -0.25) is 9.69 Å². The van der Waals surface area contributed by atoms with Gasteiger partial charge in [-0.2, -0.15) is 0 Å². The van der Waals surface area contributed by atoms with Crippen LogP contribution in [-0.4, -0.2) is 52.6 Å². The predicted octanol–water partition coefficient (Wildman–Crippen LogP) is 1.88. The highest BCUT2D eigenvalue weighted by molar-refractivity contribution is 5.84. The summed E-state index contributed by atoms with van der Waals surface area (Å²) < 4.78 is 0. The van der Waals surface area contributed by atoms with E-state index in [2.05, 4.69) is 29.2 Å². The molecule has 1 aromatic carbocycles. The van der Waals surface area contributed by atoms with Crippen LogP contribution in [0.4, 0.5) is 0 Å². The van der Waals surface area contributed by atoms with Crippen molar-refractivity contribution in [2.45, 2.75) is 44.9 Å². The monoisotopic (exact) mass is 290 g/mol. The molecule has 1 amide bonds. The highest BCUT2D eigenvalue weighted by Gasteiger charge is 2.32. The van der Waals surface area contributed by atoms with Crippen LogP contribution in [0.2, 0.25) is 0 Å². The number of nitrogens with zero attached hydrogens (tertiary/aromatic N) is 2. The van der Waals surface area contributed by atoms with Crippen molar-refractivity contribution in [3.05, 3.63) is 35.9 Å². The normalized spacial score (nSPS) is 17.7. The number of piperidine rings is 1. The summed E-state index contributed by atoms with van der Waals surface area (Å²) in [5.74, 6) is -0.191. The van der Waals surface area contributed by atoms with Crippen molar-refractivity contribution in [1.82, 2.24) is 9.80 Å². The van der Waals surface area contributed by atoms with Crippen LogP contribution in [0.15, 0.2) is 30.3 Å². The number of benzene rings is 1. The predicted molar refractivity (Wildman–Crippen MR) is 83.8 cm³/mol. The van der Waals surface area contributed by atoms with Crippen LogP contribution in [-0.2, 0) is 11.3 Å². The summed E-state index contributed by atoms with van der Waals surface area (Å²) in [7, 11) is 1.80. The zero-order valence-corrected chi connectivity index (χ0v) is 13.2. The van der Waals surface area contributed by atoms with Crippen LogP contribution < -0.4 is 0 Å². The molecule has 0 aromatic heterocycles. The van der Waals surface area contributed by atoms with Gasteiger partial charge in [-0.1, -0.05) is 30.3 Å². The minimum Gasteiger partial charge on any atom is -0.381 e. The first-order valence-corrected chi connectivity index (χ1v) is 7.64. The minimum atomic E-state index is -1.28. The van der Waals surface area contributed by atoms with Crippen LogP contribution in [0.3, 0.4) is 0 Å². The number of likely N-dealkylation sites (N-methyl/N-ethyl adjacent to an activating group) is 1. The average molecular weight is 290 g/mol. The van der Waals surface area contributed by atoms with E-state index in [-0.39, 0.29) is 11.9 Å². The number of carbonyl (C=O) groups excluding carboxylic acids is 1. The molecule has 1 N–H and O–H groups in total. The van der Waals surface area contributed by atoms with Gasteiger partial charge in [0.25, 0.3) is 5.91 Å². The second kappa shape index (κ2) is 6.58. The second-order valence-electron chi connectivity index (χ2n) is 6.47. The Morgan fingerprint density at radius 1 is 1.29 bits per heavy atom. The van der Waals surface area contributed by atoms with E-state index >= 15 is 0 Å². The third-order valence-electron chi connectivity index (χ3n) is 4.20. The molecule has 0 atom stereocenters. The Morgan fingerprint density at radius 3 is 2.38 bits per heavy atom. The number of likely N-dealkylation sites (tertiary alicyclic amines) is 1. The molecule has 0 radical (unpaired) electrons. The van der Waals surface area contributed by atoms with Gasteiger partial charge in [-0.25, -0.2) is 0 Å². The van der Waals surface area contributed by atoms with Gasteiger partial charge in [0, 0.05) is 32.7 Å². The Hall–Kier alpha value is -1.39. The van der Waals surface area contributed by atoms with E-state index in [1.54, 1.807) is 25.8 Å². The van der Waals surface area contributed by atoms with E-state index < -0.39 is 5.60 Å². The van der Waals surface area contributed by atoms with Gasteiger partial charge in [0.05, 0.1) is 0 Å². The number of hydrogen-bond acceptors (Lipinski definition) is 3. The summed E-state index contributed by atoms with van der Waals surface area (Å²) in [6, 6.07) is 10.7. The topological polar surface area (TPSA) is 43.8 Å². The van der Waals surface area contributed by atoms with Crippen LogP contribution in [0, 0.1) is 0 Å². The summed E-state index contributed by atoms with van der Waals surface area (Å²) in [6.07, 6.45) is 1.93. The Morgan fingerprint density at radius 2 is 1.86 bits per heavy atom. The van der Waals surface area contributed by atoms with Gasteiger partial charge in [0.2, 0.25) is 0 Å². The van der Waals surface area contributed by atoms with Gasteiger partial charge >= 0.3 is 0 Å². The lowest BCUT2D eigenvalue weighted by Gasteiger charge is -2.38. The van der Waals surface area contributed by atoms with Gasteiger partial charge in [-0.15, -0.1) is 0 Å². The lowest BCUT2D eigenvalue weighted by atomic mass is 10.00. The maximum absolute atomic E-state index is 12.1. The molecular formula is C17H26N2O2. The van der Waals surface area contributed by atoms with Crippen molar-refractivity contribution in [1.29, 1.82) is 0 Å². The van der Waals surface area contributed by atoms with Crippen molar-refractivity contribution in [3.8, 4) is 0 Å². The first-order chi connectivity index (χ1) is 9.88. The van der Waals surface area contributed by atoms with Gasteiger partial charge in [0.1, 0.15) is 5.60 Å². The van der Waals surface area contributed by atoms with Crippen molar-refractivity contribution >= 4 is 5.91 Å². The summed E-state index contributed by atoms with van der Waals surface area (Å²) in [5, 5.41) is 9.83. The fourth-order valence-electron chi connectivity index (χ4n) is 2.90. The molecule has 1 aliphatic rings. The molecule has 1 saturated heterocycles. The Labute approximate surface area is 127 Å². The zero-order valence-electron chi connectivity index (χ0n) is 13.2. The average Bonchev–Trinajstić information content (AvgIpc) is 2.46. The SMILES string of the molecule is CN(C(=O)C(C)(C)O)C1CCN(Cc2ccccc2)CC1. The lowest BCUT2D eigenvalue weighted by Crippen LogP contribution is -2.51. The van der Waals surface area contributed by atoms with Gasteiger partial charge in [-0.05, 0) is 32.3 Å². The molecule has 0 aliphatic carbocycles. The van der Waals surface area contributed by atoms with E-state index in [0.717, 1.165) is 32.5 Å². The molecule has 116 valence electrons. The van der Waals surface area contributed by atoms with E-state index in [9.17, 15) is 9.90 Å². The molecule has 0 saturated carbocycles. The van der Waals surface area contributed by atoms with Crippen LogP contribution in [0.25, 0.3) is 0 Å². The fraction of sp³-hybridized carbons (Fsp3) is 0.588. The number of aliphatic hydroxyl groups is 1. The second-order valence-corrected chi connectivity index (χ2v) is 6.47. The van der Waals surface area contributed by atoms with Crippen LogP contribution in [0.5, 0.6) is 0 Å². The molecule has 1 aromatic rings. The molecule has 0 unspecified atom stereocenters. The summed E-state index contributed by atoms with van der Waals surface area (Å²) in [6.45, 7) is 6.05. The molecular weight excluding hydrogens is 264 g/mol. The van der Waals surface area contributed by atoms with Crippen LogP contribution in [0.1, 0.15) is 32.3 Å². The Bertz CT molecular complexity index is 459. The van der Waals surface area contributed by atoms with Crippen molar-refractivity contribution in [2.24, 2.45) is 0 Å². The smallest absolute Gasteiger partial charge is 0.253 e.